The van der Waals surface area contributed by atoms with Crippen LogP contribution >= 0.6 is 0 Å². The van der Waals surface area contributed by atoms with Gasteiger partial charge in [-0.3, -0.25) is 0 Å². The molecule has 0 radical (unpaired) electrons. The van der Waals surface area contributed by atoms with Crippen LogP contribution in [-0.4, -0.2) is 18.5 Å². The molecule has 0 aliphatic rings. The van der Waals surface area contributed by atoms with Crippen LogP contribution in [0, 0.1) is 11.3 Å². The van der Waals surface area contributed by atoms with E-state index in [1.165, 1.54) is 13.2 Å². The number of alkyl halides is 3. The number of anilines is 1. The first-order chi connectivity index (χ1) is 7.37. The predicted molar refractivity (Wildman–Crippen MR) is 46.6 cm³/mol. The number of halogens is 3. The Kier molecular flexibility index (Phi) is 3.08. The van der Waals surface area contributed by atoms with E-state index in [1.54, 1.807) is 0 Å². The van der Waals surface area contributed by atoms with Crippen molar-refractivity contribution in [3.05, 3.63) is 11.6 Å². The average molecular weight is 233 g/mol. The highest BCUT2D eigenvalue weighted by Gasteiger charge is 2.33. The third-order valence-electron chi connectivity index (χ3n) is 1.52. The van der Waals surface area contributed by atoms with Crippen LogP contribution < -0.4 is 15.2 Å². The van der Waals surface area contributed by atoms with Gasteiger partial charge in [-0.15, -0.1) is 13.2 Å². The second-order valence-electron chi connectivity index (χ2n) is 2.59. The third kappa shape index (κ3) is 2.66. The summed E-state index contributed by atoms with van der Waals surface area (Å²) in [5.41, 5.74) is 4.81. The molecule has 1 aromatic heterocycles. The molecule has 0 bridgehead atoms. The lowest BCUT2D eigenvalue weighted by atomic mass is 10.2. The van der Waals surface area contributed by atoms with E-state index in [2.05, 4.69) is 14.5 Å². The van der Waals surface area contributed by atoms with E-state index >= 15 is 0 Å². The van der Waals surface area contributed by atoms with Gasteiger partial charge in [0.05, 0.1) is 7.11 Å². The number of nitrogens with zero attached hydrogens (tertiary/aromatic N) is 2. The van der Waals surface area contributed by atoms with Gasteiger partial charge in [-0.2, -0.15) is 10.2 Å². The summed E-state index contributed by atoms with van der Waals surface area (Å²) in [6.07, 6.45) is -4.93. The summed E-state index contributed by atoms with van der Waals surface area (Å²) in [5, 5.41) is 8.62. The number of nitrogen functional groups attached to an aromatic ring is 1. The van der Waals surface area contributed by atoms with Crippen LogP contribution in [0.4, 0.5) is 19.0 Å². The van der Waals surface area contributed by atoms with Gasteiger partial charge in [0, 0.05) is 6.07 Å². The SMILES string of the molecule is COc1cc(C#N)c(OC(F)(F)F)c(N)n1. The zero-order valence-corrected chi connectivity index (χ0v) is 8.00. The maximum absolute atomic E-state index is 12.0. The summed E-state index contributed by atoms with van der Waals surface area (Å²) in [6.45, 7) is 0. The van der Waals surface area contributed by atoms with E-state index in [1.807, 2.05) is 0 Å². The average Bonchev–Trinajstić information content (AvgIpc) is 2.19. The second-order valence-corrected chi connectivity index (χ2v) is 2.59. The number of nitrogens with two attached hydrogens (primary N) is 1. The van der Waals surface area contributed by atoms with Gasteiger partial charge in [0.15, 0.2) is 11.6 Å². The molecule has 0 aliphatic heterocycles. The van der Waals surface area contributed by atoms with Crippen LogP contribution in [0.1, 0.15) is 5.56 Å². The molecule has 0 spiro atoms. The molecule has 8 heteroatoms. The number of methoxy groups -OCH3 is 1. The third-order valence-corrected chi connectivity index (χ3v) is 1.52. The molecule has 0 fully saturated rings. The van der Waals surface area contributed by atoms with Crippen molar-refractivity contribution in [2.75, 3.05) is 12.8 Å². The Morgan fingerprint density at radius 1 is 1.50 bits per heavy atom. The van der Waals surface area contributed by atoms with E-state index in [4.69, 9.17) is 11.0 Å². The monoisotopic (exact) mass is 233 g/mol. The van der Waals surface area contributed by atoms with Crippen molar-refractivity contribution in [1.29, 1.82) is 5.26 Å². The van der Waals surface area contributed by atoms with Crippen LogP contribution in [0.25, 0.3) is 0 Å². The number of pyridine rings is 1. The van der Waals surface area contributed by atoms with Crippen LogP contribution in [0.15, 0.2) is 6.07 Å². The lowest BCUT2D eigenvalue weighted by Gasteiger charge is -2.12. The van der Waals surface area contributed by atoms with Crippen molar-refractivity contribution in [1.82, 2.24) is 4.98 Å². The lowest BCUT2D eigenvalue weighted by molar-refractivity contribution is -0.274. The summed E-state index contributed by atoms with van der Waals surface area (Å²) >= 11 is 0. The first-order valence-corrected chi connectivity index (χ1v) is 3.87. The Morgan fingerprint density at radius 2 is 2.12 bits per heavy atom. The summed E-state index contributed by atoms with van der Waals surface area (Å²) in [5.74, 6) is -1.45. The van der Waals surface area contributed by atoms with E-state index in [0.29, 0.717) is 0 Å². The fraction of sp³-hybridized carbons (Fsp3) is 0.250. The Balaban J connectivity index is 3.23. The van der Waals surface area contributed by atoms with Crippen molar-refractivity contribution in [2.24, 2.45) is 0 Å². The Hall–Kier alpha value is -2.17. The molecule has 0 aromatic carbocycles. The van der Waals surface area contributed by atoms with Gasteiger partial charge in [-0.1, -0.05) is 0 Å². The predicted octanol–water partition coefficient (Wildman–Crippen LogP) is 1.44. The van der Waals surface area contributed by atoms with E-state index in [9.17, 15) is 13.2 Å². The number of nitriles is 1. The molecule has 5 nitrogen and oxygen atoms in total. The molecule has 0 amide bonds. The molecule has 0 aliphatic carbocycles. The number of hydrogen-bond acceptors (Lipinski definition) is 5. The molecule has 2 N–H and O–H groups in total. The molecular weight excluding hydrogens is 227 g/mol. The molecule has 16 heavy (non-hydrogen) atoms. The molecule has 0 unspecified atom stereocenters. The van der Waals surface area contributed by atoms with Gasteiger partial charge >= 0.3 is 6.36 Å². The van der Waals surface area contributed by atoms with E-state index in [0.717, 1.165) is 6.07 Å². The largest absolute Gasteiger partial charge is 0.573 e. The second kappa shape index (κ2) is 4.14. The van der Waals surface area contributed by atoms with Crippen LogP contribution in [0.2, 0.25) is 0 Å². The fourth-order valence-electron chi connectivity index (χ4n) is 0.939. The Bertz CT molecular complexity index is 439. The summed E-state index contributed by atoms with van der Waals surface area (Å²) in [4.78, 5) is 3.46. The topological polar surface area (TPSA) is 81.2 Å². The van der Waals surface area contributed by atoms with Crippen LogP contribution in [-0.2, 0) is 0 Å². The minimum Gasteiger partial charge on any atom is -0.481 e. The highest BCUT2D eigenvalue weighted by Crippen LogP contribution is 2.32. The van der Waals surface area contributed by atoms with Crippen LogP contribution in [0.5, 0.6) is 11.6 Å². The number of hydrogen-bond donors (Lipinski definition) is 1. The maximum Gasteiger partial charge on any atom is 0.573 e. The van der Waals surface area contributed by atoms with Crippen molar-refractivity contribution in [3.63, 3.8) is 0 Å². The number of rotatable bonds is 2. The molecule has 86 valence electrons. The van der Waals surface area contributed by atoms with Crippen molar-refractivity contribution in [2.45, 2.75) is 6.36 Å². The van der Waals surface area contributed by atoms with Gasteiger partial charge < -0.3 is 15.2 Å². The normalized spacial score (nSPS) is 10.7. The summed E-state index contributed by atoms with van der Waals surface area (Å²) in [7, 11) is 1.24. The zero-order chi connectivity index (χ0) is 12.3. The highest BCUT2D eigenvalue weighted by atomic mass is 19.4. The summed E-state index contributed by atoms with van der Waals surface area (Å²) in [6, 6.07) is 2.51. The van der Waals surface area contributed by atoms with Gasteiger partial charge in [0.2, 0.25) is 5.88 Å². The van der Waals surface area contributed by atoms with E-state index in [-0.39, 0.29) is 5.88 Å². The van der Waals surface area contributed by atoms with Gasteiger partial charge in [-0.25, -0.2) is 0 Å². The molecule has 0 atom stereocenters. The summed E-state index contributed by atoms with van der Waals surface area (Å²) < 4.78 is 44.2. The lowest BCUT2D eigenvalue weighted by Crippen LogP contribution is -2.19. The first kappa shape index (κ1) is 11.9. The molecule has 1 rings (SSSR count). The highest BCUT2D eigenvalue weighted by molar-refractivity contribution is 5.58. The minimum absolute atomic E-state index is 0.0661. The zero-order valence-electron chi connectivity index (χ0n) is 8.00. The number of ether oxygens (including phenoxy) is 2. The standard InChI is InChI=1S/C8H6F3N3O2/c1-15-5-2-4(3-12)6(7(13)14-5)16-8(9,10)11/h2H,1H3,(H2,13,14). The first-order valence-electron chi connectivity index (χ1n) is 3.87. The Morgan fingerprint density at radius 3 is 2.56 bits per heavy atom. The van der Waals surface area contributed by atoms with Crippen molar-refractivity contribution >= 4 is 5.82 Å². The molecule has 1 aromatic rings. The number of aromatic nitrogens is 1. The molecule has 1 heterocycles. The molecule has 0 saturated carbocycles. The van der Waals surface area contributed by atoms with Crippen molar-refractivity contribution < 1.29 is 22.6 Å². The van der Waals surface area contributed by atoms with E-state index < -0.39 is 23.5 Å². The Labute approximate surface area is 88.2 Å². The smallest absolute Gasteiger partial charge is 0.481 e. The maximum atomic E-state index is 12.0. The quantitative estimate of drug-likeness (QED) is 0.835. The molecular formula is C8H6F3N3O2. The van der Waals surface area contributed by atoms with Gasteiger partial charge in [0.1, 0.15) is 11.6 Å². The van der Waals surface area contributed by atoms with Gasteiger partial charge in [0.25, 0.3) is 0 Å². The van der Waals surface area contributed by atoms with Gasteiger partial charge in [-0.05, 0) is 0 Å². The fourth-order valence-corrected chi connectivity index (χ4v) is 0.939. The molecule has 0 saturated heterocycles. The van der Waals surface area contributed by atoms with Crippen LogP contribution in [0.3, 0.4) is 0 Å². The minimum atomic E-state index is -4.93. The van der Waals surface area contributed by atoms with Crippen molar-refractivity contribution in [3.8, 4) is 17.7 Å².